The second-order valence-corrected chi connectivity index (χ2v) is 10.3. The summed E-state index contributed by atoms with van der Waals surface area (Å²) >= 11 is 1.38. The van der Waals surface area contributed by atoms with Crippen LogP contribution in [0.1, 0.15) is 46.8 Å². The van der Waals surface area contributed by atoms with E-state index in [1.165, 1.54) is 11.8 Å². The zero-order valence-corrected chi connectivity index (χ0v) is 19.3. The minimum Gasteiger partial charge on any atom is -0.469 e. The molecule has 1 N–H and O–H groups in total. The first kappa shape index (κ1) is 22.2. The van der Waals surface area contributed by atoms with Crippen LogP contribution in [0.2, 0.25) is 0 Å². The molecule has 3 rings (SSSR count). The molecule has 0 aliphatic carbocycles. The molecule has 0 aliphatic heterocycles. The van der Waals surface area contributed by atoms with Crippen molar-refractivity contribution in [3.63, 3.8) is 0 Å². The van der Waals surface area contributed by atoms with Crippen LogP contribution in [-0.4, -0.2) is 32.0 Å². The molecule has 30 heavy (non-hydrogen) atoms. The molecule has 0 saturated carbocycles. The second kappa shape index (κ2) is 8.68. The van der Waals surface area contributed by atoms with Crippen LogP contribution in [0.15, 0.2) is 52.2 Å². The lowest BCUT2D eigenvalue weighted by Crippen LogP contribution is -2.46. The van der Waals surface area contributed by atoms with Gasteiger partial charge in [0, 0.05) is 11.2 Å². The number of thioether (sulfide) groups is 1. The fourth-order valence-electron chi connectivity index (χ4n) is 3.88. The maximum absolute atomic E-state index is 12.7. The number of nitrogens with zero attached hydrogens (tertiary/aromatic N) is 3. The molecule has 1 aromatic carbocycles. The normalized spacial score (nSPS) is 12.2. The highest BCUT2D eigenvalue weighted by Gasteiger charge is 2.27. The van der Waals surface area contributed by atoms with Crippen molar-refractivity contribution >= 4 is 17.7 Å². The largest absolute Gasteiger partial charge is 0.469 e. The molecular weight excluding hydrogens is 396 g/mol. The zero-order valence-electron chi connectivity index (χ0n) is 18.5. The number of aryl methyl sites for hydroxylation is 1. The van der Waals surface area contributed by atoms with Crippen LogP contribution < -0.4 is 5.32 Å². The summed E-state index contributed by atoms with van der Waals surface area (Å²) in [6.07, 6.45) is 2.53. The van der Waals surface area contributed by atoms with Crippen molar-refractivity contribution in [3.05, 3.63) is 48.4 Å². The number of hydrogen-bond acceptors (Lipinski definition) is 5. The number of rotatable bonds is 7. The molecule has 7 heteroatoms. The Kier molecular flexibility index (Phi) is 6.41. The van der Waals surface area contributed by atoms with E-state index in [1.54, 1.807) is 6.26 Å². The predicted octanol–water partition coefficient (Wildman–Crippen LogP) is 5.26. The van der Waals surface area contributed by atoms with Crippen molar-refractivity contribution < 1.29 is 9.21 Å². The summed E-state index contributed by atoms with van der Waals surface area (Å²) in [5.41, 5.74) is 1.68. The molecule has 3 aromatic rings. The summed E-state index contributed by atoms with van der Waals surface area (Å²) in [7, 11) is 0. The highest BCUT2D eigenvalue weighted by atomic mass is 32.2. The van der Waals surface area contributed by atoms with Gasteiger partial charge >= 0.3 is 0 Å². The van der Waals surface area contributed by atoms with Crippen molar-refractivity contribution in [1.29, 1.82) is 0 Å². The van der Waals surface area contributed by atoms with E-state index in [0.29, 0.717) is 11.0 Å². The Labute approximate surface area is 182 Å². The average Bonchev–Trinajstić information content (AvgIpc) is 3.23. The summed E-state index contributed by atoms with van der Waals surface area (Å²) in [5, 5.41) is 12.6. The van der Waals surface area contributed by atoms with Crippen molar-refractivity contribution in [1.82, 2.24) is 20.1 Å². The Morgan fingerprint density at radius 1 is 1.10 bits per heavy atom. The Balaban J connectivity index is 1.81. The molecule has 160 valence electrons. The Bertz CT molecular complexity index is 1000. The van der Waals surface area contributed by atoms with Gasteiger partial charge < -0.3 is 9.73 Å². The van der Waals surface area contributed by atoms with Crippen molar-refractivity contribution in [2.45, 2.75) is 58.7 Å². The number of benzene rings is 1. The molecule has 0 unspecified atom stereocenters. The van der Waals surface area contributed by atoms with E-state index in [1.807, 2.05) is 47.9 Å². The topological polar surface area (TPSA) is 72.9 Å². The summed E-state index contributed by atoms with van der Waals surface area (Å²) < 4.78 is 7.43. The number of nitrogens with one attached hydrogen (secondary N) is 1. The summed E-state index contributed by atoms with van der Waals surface area (Å²) in [6, 6.07) is 11.8. The highest BCUT2D eigenvalue weighted by molar-refractivity contribution is 7.99. The van der Waals surface area contributed by atoms with Gasteiger partial charge in [0.2, 0.25) is 5.91 Å². The van der Waals surface area contributed by atoms with Crippen LogP contribution in [-0.2, 0) is 4.79 Å². The van der Waals surface area contributed by atoms with Gasteiger partial charge in [-0.1, -0.05) is 50.7 Å². The van der Waals surface area contributed by atoms with Crippen LogP contribution in [0.3, 0.4) is 0 Å². The van der Waals surface area contributed by atoms with E-state index in [-0.39, 0.29) is 22.6 Å². The maximum atomic E-state index is 12.7. The third kappa shape index (κ3) is 5.53. The first-order valence-corrected chi connectivity index (χ1v) is 11.0. The molecular formula is C23H30N4O2S. The van der Waals surface area contributed by atoms with Crippen LogP contribution in [0.4, 0.5) is 0 Å². The quantitative estimate of drug-likeness (QED) is 0.522. The Hall–Kier alpha value is -2.54. The van der Waals surface area contributed by atoms with Crippen LogP contribution in [0.25, 0.3) is 17.1 Å². The average molecular weight is 427 g/mol. The fraction of sp³-hybridized carbons (Fsp3) is 0.435. The predicted molar refractivity (Wildman–Crippen MR) is 121 cm³/mol. The van der Waals surface area contributed by atoms with Gasteiger partial charge in [-0.15, -0.1) is 10.2 Å². The molecule has 6 nitrogen and oxygen atoms in total. The molecule has 1 amide bonds. The fourth-order valence-corrected chi connectivity index (χ4v) is 4.63. The van der Waals surface area contributed by atoms with Gasteiger partial charge in [-0.3, -0.25) is 9.36 Å². The molecule has 0 spiro atoms. The van der Waals surface area contributed by atoms with Gasteiger partial charge in [-0.05, 0) is 50.8 Å². The molecule has 0 saturated heterocycles. The van der Waals surface area contributed by atoms with E-state index in [2.05, 4.69) is 50.1 Å². The van der Waals surface area contributed by atoms with Gasteiger partial charge in [-0.25, -0.2) is 0 Å². The SMILES string of the molecule is Cc1occc1-c1nnc(SCC(=O)NC(C)(C)CC(C)(C)C)n1-c1ccccc1. The van der Waals surface area contributed by atoms with E-state index in [9.17, 15) is 4.79 Å². The molecule has 0 fully saturated rings. The second-order valence-electron chi connectivity index (χ2n) is 9.33. The highest BCUT2D eigenvalue weighted by Crippen LogP contribution is 2.31. The number of furan rings is 1. The van der Waals surface area contributed by atoms with Gasteiger partial charge in [-0.2, -0.15) is 0 Å². The van der Waals surface area contributed by atoms with Gasteiger partial charge in [0.1, 0.15) is 5.76 Å². The molecule has 0 bridgehead atoms. The Morgan fingerprint density at radius 2 is 1.80 bits per heavy atom. The number of carbonyl (C=O) groups is 1. The number of para-hydroxylation sites is 1. The van der Waals surface area contributed by atoms with E-state index >= 15 is 0 Å². The van der Waals surface area contributed by atoms with Crippen molar-refractivity contribution in [2.75, 3.05) is 5.75 Å². The lowest BCUT2D eigenvalue weighted by atomic mass is 9.82. The molecule has 2 heterocycles. The van der Waals surface area contributed by atoms with Gasteiger partial charge in [0.05, 0.1) is 17.6 Å². The lowest BCUT2D eigenvalue weighted by molar-refractivity contribution is -0.120. The molecule has 2 aromatic heterocycles. The standard InChI is InChI=1S/C23H30N4O2S/c1-16-18(12-13-29-16)20-25-26-21(27(20)17-10-8-7-9-11-17)30-14-19(28)24-23(5,6)15-22(2,3)4/h7-13H,14-15H2,1-6H3,(H,24,28). The first-order chi connectivity index (χ1) is 14.1. The molecule has 0 aliphatic rings. The third-order valence-electron chi connectivity index (χ3n) is 4.53. The number of carbonyl (C=O) groups excluding carboxylic acids is 1. The van der Waals surface area contributed by atoms with E-state index in [4.69, 9.17) is 4.42 Å². The molecule has 0 radical (unpaired) electrons. The minimum atomic E-state index is -0.276. The van der Waals surface area contributed by atoms with E-state index < -0.39 is 0 Å². The minimum absolute atomic E-state index is 0.0158. The summed E-state index contributed by atoms with van der Waals surface area (Å²) in [6.45, 7) is 12.6. The van der Waals surface area contributed by atoms with Crippen LogP contribution >= 0.6 is 11.8 Å². The first-order valence-electron chi connectivity index (χ1n) is 10.0. The van der Waals surface area contributed by atoms with Crippen molar-refractivity contribution in [2.24, 2.45) is 5.41 Å². The van der Waals surface area contributed by atoms with Crippen LogP contribution in [0, 0.1) is 12.3 Å². The summed E-state index contributed by atoms with van der Waals surface area (Å²) in [5.74, 6) is 1.72. The van der Waals surface area contributed by atoms with Crippen LogP contribution in [0.5, 0.6) is 0 Å². The number of amides is 1. The van der Waals surface area contributed by atoms with Crippen molar-refractivity contribution in [3.8, 4) is 17.1 Å². The Morgan fingerprint density at radius 3 is 2.40 bits per heavy atom. The lowest BCUT2D eigenvalue weighted by Gasteiger charge is -2.33. The smallest absolute Gasteiger partial charge is 0.230 e. The van der Waals surface area contributed by atoms with E-state index in [0.717, 1.165) is 23.4 Å². The summed E-state index contributed by atoms with van der Waals surface area (Å²) in [4.78, 5) is 12.7. The third-order valence-corrected chi connectivity index (χ3v) is 5.46. The number of hydrogen-bond donors (Lipinski definition) is 1. The maximum Gasteiger partial charge on any atom is 0.230 e. The monoisotopic (exact) mass is 426 g/mol. The van der Waals surface area contributed by atoms with Gasteiger partial charge in [0.25, 0.3) is 0 Å². The zero-order chi connectivity index (χ0) is 21.9. The number of aromatic nitrogens is 3. The van der Waals surface area contributed by atoms with Gasteiger partial charge in [0.15, 0.2) is 11.0 Å². The molecule has 0 atom stereocenters.